The van der Waals surface area contributed by atoms with Gasteiger partial charge in [-0.2, -0.15) is 0 Å². The molecule has 3 aliphatic rings. The quantitative estimate of drug-likeness (QED) is 0.558. The number of ketones is 1. The Kier molecular flexibility index (Phi) is 1.43. The van der Waals surface area contributed by atoms with E-state index >= 15 is 0 Å². The Hall–Kier alpha value is -0.410. The van der Waals surface area contributed by atoms with E-state index in [1.807, 2.05) is 0 Å². The highest BCUT2D eigenvalue weighted by Crippen LogP contribution is 2.57. The zero-order valence-corrected chi connectivity index (χ0v) is 7.67. The minimum Gasteiger partial charge on any atom is -0.380 e. The summed E-state index contributed by atoms with van der Waals surface area (Å²) in [5.74, 6) is 0.376. The molecule has 0 N–H and O–H groups in total. The third kappa shape index (κ3) is 1.07. The molecule has 0 bridgehead atoms. The van der Waals surface area contributed by atoms with Crippen LogP contribution in [-0.2, 0) is 14.3 Å². The van der Waals surface area contributed by atoms with Gasteiger partial charge < -0.3 is 9.47 Å². The molecule has 3 nitrogen and oxygen atoms in total. The second kappa shape index (κ2) is 2.34. The minimum atomic E-state index is -0.0703. The van der Waals surface area contributed by atoms with Gasteiger partial charge >= 0.3 is 0 Å². The lowest BCUT2D eigenvalue weighted by atomic mass is 9.56. The topological polar surface area (TPSA) is 35.5 Å². The second-order valence-corrected chi connectivity index (χ2v) is 4.84. The first-order chi connectivity index (χ1) is 6.22. The van der Waals surface area contributed by atoms with Gasteiger partial charge in [0.25, 0.3) is 0 Å². The lowest BCUT2D eigenvalue weighted by molar-refractivity contribution is -0.262. The monoisotopic (exact) mass is 182 g/mol. The van der Waals surface area contributed by atoms with Gasteiger partial charge in [0.2, 0.25) is 0 Å². The summed E-state index contributed by atoms with van der Waals surface area (Å²) in [7, 11) is 0. The Morgan fingerprint density at radius 3 is 2.54 bits per heavy atom. The van der Waals surface area contributed by atoms with Crippen molar-refractivity contribution in [2.45, 2.75) is 31.3 Å². The molecule has 0 atom stereocenters. The largest absolute Gasteiger partial charge is 0.380 e. The fourth-order valence-corrected chi connectivity index (χ4v) is 3.02. The van der Waals surface area contributed by atoms with Gasteiger partial charge in [0, 0.05) is 18.3 Å². The molecule has 13 heavy (non-hydrogen) atoms. The van der Waals surface area contributed by atoms with Crippen LogP contribution in [0.25, 0.3) is 0 Å². The first-order valence-corrected chi connectivity index (χ1v) is 4.96. The molecule has 2 aliphatic heterocycles. The van der Waals surface area contributed by atoms with Gasteiger partial charge in [0.05, 0.1) is 25.4 Å². The number of hydrogen-bond donors (Lipinski definition) is 0. The van der Waals surface area contributed by atoms with Crippen LogP contribution in [0.3, 0.4) is 0 Å². The van der Waals surface area contributed by atoms with Gasteiger partial charge in [0.1, 0.15) is 5.78 Å². The highest BCUT2D eigenvalue weighted by molar-refractivity contribution is 5.80. The van der Waals surface area contributed by atoms with E-state index in [1.165, 1.54) is 0 Å². The van der Waals surface area contributed by atoms with E-state index in [0.717, 1.165) is 26.1 Å². The Balaban J connectivity index is 1.68. The lowest BCUT2D eigenvalue weighted by Gasteiger charge is -2.60. The molecule has 0 aromatic rings. The second-order valence-electron chi connectivity index (χ2n) is 4.84. The standard InChI is InChI=1S/C10H14O3/c11-8-1-2-13-10(3-8)4-9(5-10)6-12-7-9/h1-7H2. The summed E-state index contributed by atoms with van der Waals surface area (Å²) in [4.78, 5) is 11.3. The Morgan fingerprint density at radius 1 is 1.23 bits per heavy atom. The molecule has 0 aromatic heterocycles. The zero-order valence-electron chi connectivity index (χ0n) is 7.67. The molecular weight excluding hydrogens is 168 g/mol. The molecule has 0 aromatic carbocycles. The van der Waals surface area contributed by atoms with E-state index in [1.54, 1.807) is 0 Å². The van der Waals surface area contributed by atoms with Crippen molar-refractivity contribution in [3.8, 4) is 0 Å². The number of rotatable bonds is 0. The third-order valence-corrected chi connectivity index (χ3v) is 3.52. The average molecular weight is 182 g/mol. The number of hydrogen-bond acceptors (Lipinski definition) is 3. The Labute approximate surface area is 77.4 Å². The van der Waals surface area contributed by atoms with Crippen molar-refractivity contribution < 1.29 is 14.3 Å². The Bertz CT molecular complexity index is 247. The smallest absolute Gasteiger partial charge is 0.138 e. The molecule has 72 valence electrons. The molecule has 2 spiro atoms. The molecular formula is C10H14O3. The van der Waals surface area contributed by atoms with Crippen LogP contribution >= 0.6 is 0 Å². The molecule has 0 amide bonds. The molecule has 2 saturated heterocycles. The maximum Gasteiger partial charge on any atom is 0.138 e. The van der Waals surface area contributed by atoms with E-state index in [4.69, 9.17) is 9.47 Å². The van der Waals surface area contributed by atoms with Gasteiger partial charge in [-0.25, -0.2) is 0 Å². The van der Waals surface area contributed by atoms with E-state index in [2.05, 4.69) is 0 Å². The maximum atomic E-state index is 11.3. The Morgan fingerprint density at radius 2 is 2.00 bits per heavy atom. The van der Waals surface area contributed by atoms with Crippen molar-refractivity contribution in [2.75, 3.05) is 19.8 Å². The summed E-state index contributed by atoms with van der Waals surface area (Å²) >= 11 is 0. The SMILES string of the molecule is O=C1CCOC2(C1)CC1(COC1)C2. The number of Topliss-reactive ketones (excluding diaryl/α,β-unsaturated/α-hetero) is 1. The van der Waals surface area contributed by atoms with Crippen molar-refractivity contribution in [3.63, 3.8) is 0 Å². The van der Waals surface area contributed by atoms with Crippen LogP contribution in [0.5, 0.6) is 0 Å². The molecule has 0 unspecified atom stereocenters. The molecule has 3 fully saturated rings. The third-order valence-electron chi connectivity index (χ3n) is 3.52. The highest BCUT2D eigenvalue weighted by atomic mass is 16.5. The van der Waals surface area contributed by atoms with Crippen molar-refractivity contribution in [1.82, 2.24) is 0 Å². The molecule has 0 radical (unpaired) electrons. The van der Waals surface area contributed by atoms with E-state index in [9.17, 15) is 4.79 Å². The minimum absolute atomic E-state index is 0.0703. The van der Waals surface area contributed by atoms with Crippen molar-refractivity contribution in [1.29, 1.82) is 0 Å². The lowest BCUT2D eigenvalue weighted by Crippen LogP contribution is -2.64. The van der Waals surface area contributed by atoms with Gasteiger partial charge in [-0.05, 0) is 12.8 Å². The van der Waals surface area contributed by atoms with Gasteiger partial charge in [-0.3, -0.25) is 4.79 Å². The van der Waals surface area contributed by atoms with Crippen LogP contribution in [-0.4, -0.2) is 31.2 Å². The summed E-state index contributed by atoms with van der Waals surface area (Å²) in [6.45, 7) is 2.40. The van der Waals surface area contributed by atoms with Crippen LogP contribution in [0.4, 0.5) is 0 Å². The summed E-state index contributed by atoms with van der Waals surface area (Å²) in [5.41, 5.74) is 0.330. The van der Waals surface area contributed by atoms with Gasteiger partial charge in [-0.1, -0.05) is 0 Å². The van der Waals surface area contributed by atoms with E-state index in [-0.39, 0.29) is 5.60 Å². The normalized spacial score (nSPS) is 34.3. The summed E-state index contributed by atoms with van der Waals surface area (Å²) in [5, 5.41) is 0. The average Bonchev–Trinajstić information content (AvgIpc) is 1.96. The van der Waals surface area contributed by atoms with E-state index < -0.39 is 0 Å². The van der Waals surface area contributed by atoms with Crippen molar-refractivity contribution in [3.05, 3.63) is 0 Å². The number of carbonyl (C=O) groups is 1. The first-order valence-electron chi connectivity index (χ1n) is 4.96. The molecule has 3 rings (SSSR count). The molecule has 1 saturated carbocycles. The number of carbonyl (C=O) groups excluding carboxylic acids is 1. The van der Waals surface area contributed by atoms with Crippen LogP contribution in [0.1, 0.15) is 25.7 Å². The van der Waals surface area contributed by atoms with Crippen molar-refractivity contribution >= 4 is 5.78 Å². The predicted molar refractivity (Wildman–Crippen MR) is 45.4 cm³/mol. The molecule has 3 heteroatoms. The predicted octanol–water partition coefficient (Wildman–Crippen LogP) is 0.915. The molecule has 1 aliphatic carbocycles. The first kappa shape index (κ1) is 7.94. The van der Waals surface area contributed by atoms with Crippen molar-refractivity contribution in [2.24, 2.45) is 5.41 Å². The highest BCUT2D eigenvalue weighted by Gasteiger charge is 2.60. The maximum absolute atomic E-state index is 11.3. The number of ether oxygens (including phenoxy) is 2. The summed E-state index contributed by atoms with van der Waals surface area (Å²) in [6, 6.07) is 0. The van der Waals surface area contributed by atoms with Gasteiger partial charge in [-0.15, -0.1) is 0 Å². The zero-order chi connectivity index (χ0) is 8.94. The van der Waals surface area contributed by atoms with Crippen LogP contribution in [0.15, 0.2) is 0 Å². The van der Waals surface area contributed by atoms with Crippen LogP contribution < -0.4 is 0 Å². The van der Waals surface area contributed by atoms with E-state index in [0.29, 0.717) is 30.6 Å². The fraction of sp³-hybridized carbons (Fsp3) is 0.900. The van der Waals surface area contributed by atoms with Crippen LogP contribution in [0, 0.1) is 5.41 Å². The summed E-state index contributed by atoms with van der Waals surface area (Å²) < 4.78 is 10.9. The fourth-order valence-electron chi connectivity index (χ4n) is 3.02. The summed E-state index contributed by atoms with van der Waals surface area (Å²) in [6.07, 6.45) is 3.36. The van der Waals surface area contributed by atoms with Gasteiger partial charge in [0.15, 0.2) is 0 Å². The van der Waals surface area contributed by atoms with Crippen LogP contribution in [0.2, 0.25) is 0 Å². The molecule has 2 heterocycles.